The van der Waals surface area contributed by atoms with Gasteiger partial charge >= 0.3 is 0 Å². The van der Waals surface area contributed by atoms with E-state index >= 15 is 0 Å². The Balaban J connectivity index is 2.77. The van der Waals surface area contributed by atoms with E-state index in [1.165, 1.54) is 4.88 Å². The largest absolute Gasteiger partial charge is 0.387 e. The van der Waals surface area contributed by atoms with Gasteiger partial charge in [-0.25, -0.2) is 0 Å². The summed E-state index contributed by atoms with van der Waals surface area (Å²) in [7, 11) is 0. The van der Waals surface area contributed by atoms with Crippen LogP contribution < -0.4 is 5.73 Å². The fourth-order valence-electron chi connectivity index (χ4n) is 1.72. The maximum Gasteiger partial charge on any atom is 0.0924 e. The maximum atomic E-state index is 10.2. The molecule has 0 fully saturated rings. The van der Waals surface area contributed by atoms with E-state index in [1.807, 2.05) is 6.07 Å². The fraction of sp³-hybridized carbons (Fsp3) is 0.667. The van der Waals surface area contributed by atoms with Crippen molar-refractivity contribution in [3.8, 4) is 0 Å². The quantitative estimate of drug-likeness (QED) is 0.812. The van der Waals surface area contributed by atoms with Crippen LogP contribution in [0.3, 0.4) is 0 Å². The minimum absolute atomic E-state index is 0.161. The second-order valence-electron chi connectivity index (χ2n) is 4.25. The van der Waals surface area contributed by atoms with Crippen LogP contribution in [0.1, 0.15) is 36.6 Å². The first-order chi connectivity index (χ1) is 7.10. The molecule has 2 nitrogen and oxygen atoms in total. The lowest BCUT2D eigenvalue weighted by molar-refractivity contribution is 0.0892. The van der Waals surface area contributed by atoms with Crippen molar-refractivity contribution in [2.75, 3.05) is 6.54 Å². The summed E-state index contributed by atoms with van der Waals surface area (Å²) in [6.07, 6.45) is 0.632. The zero-order valence-electron chi connectivity index (χ0n) is 9.73. The van der Waals surface area contributed by atoms with Crippen LogP contribution in [0.15, 0.2) is 12.1 Å². The van der Waals surface area contributed by atoms with Crippen molar-refractivity contribution in [3.05, 3.63) is 21.9 Å². The highest BCUT2D eigenvalue weighted by molar-refractivity contribution is 7.12. The molecule has 2 unspecified atom stereocenters. The lowest BCUT2D eigenvalue weighted by Crippen LogP contribution is -2.26. The number of nitrogens with two attached hydrogens (primary N) is 1. The number of rotatable bonds is 5. The Morgan fingerprint density at radius 1 is 1.40 bits per heavy atom. The fourth-order valence-corrected chi connectivity index (χ4v) is 2.73. The molecule has 0 aliphatic rings. The van der Waals surface area contributed by atoms with Gasteiger partial charge in [0.25, 0.3) is 0 Å². The number of aliphatic hydroxyl groups excluding tert-OH is 1. The second kappa shape index (κ2) is 5.64. The first kappa shape index (κ1) is 12.7. The molecule has 0 saturated heterocycles. The zero-order chi connectivity index (χ0) is 11.4. The molecule has 3 heteroatoms. The van der Waals surface area contributed by atoms with Gasteiger partial charge < -0.3 is 10.8 Å². The number of aryl methyl sites for hydroxylation is 1. The van der Waals surface area contributed by atoms with Crippen LogP contribution in [0, 0.1) is 11.8 Å². The molecule has 1 rings (SSSR count). The van der Waals surface area contributed by atoms with E-state index in [-0.39, 0.29) is 5.92 Å². The third-order valence-electron chi connectivity index (χ3n) is 2.86. The van der Waals surface area contributed by atoms with Crippen molar-refractivity contribution in [2.24, 2.45) is 17.6 Å². The van der Waals surface area contributed by atoms with E-state index in [0.29, 0.717) is 12.5 Å². The molecule has 1 aromatic heterocycles. The third kappa shape index (κ3) is 3.03. The van der Waals surface area contributed by atoms with Crippen molar-refractivity contribution >= 4 is 11.3 Å². The highest BCUT2D eigenvalue weighted by Gasteiger charge is 2.23. The van der Waals surface area contributed by atoms with Gasteiger partial charge in [0.15, 0.2) is 0 Å². The second-order valence-corrected chi connectivity index (χ2v) is 5.45. The Kier molecular flexibility index (Phi) is 4.77. The van der Waals surface area contributed by atoms with Gasteiger partial charge in [-0.3, -0.25) is 0 Å². The van der Waals surface area contributed by atoms with Gasteiger partial charge in [0.1, 0.15) is 0 Å². The number of thiophene rings is 1. The molecule has 1 heterocycles. The number of hydrogen-bond acceptors (Lipinski definition) is 3. The van der Waals surface area contributed by atoms with Gasteiger partial charge in [0.05, 0.1) is 6.10 Å². The molecular formula is C12H21NOS. The van der Waals surface area contributed by atoms with E-state index < -0.39 is 6.10 Å². The Morgan fingerprint density at radius 3 is 2.47 bits per heavy atom. The van der Waals surface area contributed by atoms with Crippen molar-refractivity contribution in [2.45, 2.75) is 33.3 Å². The van der Waals surface area contributed by atoms with Crippen molar-refractivity contribution in [3.63, 3.8) is 0 Å². The van der Waals surface area contributed by atoms with Gasteiger partial charge in [-0.1, -0.05) is 20.8 Å². The number of hydrogen-bond donors (Lipinski definition) is 2. The van der Waals surface area contributed by atoms with Crippen LogP contribution in [-0.2, 0) is 6.42 Å². The summed E-state index contributed by atoms with van der Waals surface area (Å²) in [5, 5.41) is 10.2. The third-order valence-corrected chi connectivity index (χ3v) is 4.16. The average molecular weight is 227 g/mol. The van der Waals surface area contributed by atoms with E-state index in [2.05, 4.69) is 26.8 Å². The molecule has 0 aliphatic carbocycles. The average Bonchev–Trinajstić information content (AvgIpc) is 2.66. The maximum absolute atomic E-state index is 10.2. The molecule has 0 aromatic carbocycles. The van der Waals surface area contributed by atoms with Gasteiger partial charge in [-0.05, 0) is 31.0 Å². The Morgan fingerprint density at radius 2 is 2.07 bits per heavy atom. The van der Waals surface area contributed by atoms with Gasteiger partial charge in [-0.15, -0.1) is 11.3 Å². The van der Waals surface area contributed by atoms with Crippen LogP contribution in [0.5, 0.6) is 0 Å². The minimum atomic E-state index is -0.403. The molecule has 3 N–H and O–H groups in total. The standard InChI is InChI=1S/C12H21NOS/c1-4-9-5-6-11(15-9)12(14)10(7-13)8(2)3/h5-6,8,10,12,14H,4,7,13H2,1-3H3. The normalized spacial score (nSPS) is 15.6. The lowest BCUT2D eigenvalue weighted by Gasteiger charge is -2.23. The molecule has 0 bridgehead atoms. The van der Waals surface area contributed by atoms with Gasteiger partial charge in [0.2, 0.25) is 0 Å². The predicted octanol–water partition coefficient (Wildman–Crippen LogP) is 2.57. The van der Waals surface area contributed by atoms with Crippen LogP contribution in [0.4, 0.5) is 0 Å². The van der Waals surface area contributed by atoms with Gasteiger partial charge in [-0.2, -0.15) is 0 Å². The van der Waals surface area contributed by atoms with E-state index in [4.69, 9.17) is 5.73 Å². The molecule has 0 spiro atoms. The summed E-state index contributed by atoms with van der Waals surface area (Å²) in [6, 6.07) is 4.12. The SMILES string of the molecule is CCc1ccc(C(O)C(CN)C(C)C)s1. The van der Waals surface area contributed by atoms with Crippen LogP contribution >= 0.6 is 11.3 Å². The van der Waals surface area contributed by atoms with Gasteiger partial charge in [0, 0.05) is 15.7 Å². The molecule has 0 radical (unpaired) electrons. The summed E-state index contributed by atoms with van der Waals surface area (Å²) in [5.74, 6) is 0.575. The molecular weight excluding hydrogens is 206 g/mol. The summed E-state index contributed by atoms with van der Waals surface area (Å²) in [6.45, 7) is 6.88. The molecule has 0 saturated carbocycles. The molecule has 1 aromatic rings. The molecule has 2 atom stereocenters. The van der Waals surface area contributed by atoms with Crippen molar-refractivity contribution in [1.29, 1.82) is 0 Å². The van der Waals surface area contributed by atoms with E-state index in [9.17, 15) is 5.11 Å². The van der Waals surface area contributed by atoms with E-state index in [0.717, 1.165) is 11.3 Å². The Hall–Kier alpha value is -0.380. The highest BCUT2D eigenvalue weighted by Crippen LogP contribution is 2.32. The topological polar surface area (TPSA) is 46.2 Å². The molecule has 0 amide bonds. The molecule has 15 heavy (non-hydrogen) atoms. The van der Waals surface area contributed by atoms with Crippen LogP contribution in [0.2, 0.25) is 0 Å². The predicted molar refractivity (Wildman–Crippen MR) is 66.0 cm³/mol. The van der Waals surface area contributed by atoms with Crippen LogP contribution in [-0.4, -0.2) is 11.7 Å². The van der Waals surface area contributed by atoms with Crippen LogP contribution in [0.25, 0.3) is 0 Å². The summed E-state index contributed by atoms with van der Waals surface area (Å²) in [4.78, 5) is 2.37. The lowest BCUT2D eigenvalue weighted by atomic mass is 9.89. The van der Waals surface area contributed by atoms with Crippen molar-refractivity contribution < 1.29 is 5.11 Å². The minimum Gasteiger partial charge on any atom is -0.387 e. The zero-order valence-corrected chi connectivity index (χ0v) is 10.6. The first-order valence-corrected chi connectivity index (χ1v) is 6.38. The van der Waals surface area contributed by atoms with Crippen molar-refractivity contribution in [1.82, 2.24) is 0 Å². The smallest absolute Gasteiger partial charge is 0.0924 e. The first-order valence-electron chi connectivity index (χ1n) is 5.56. The monoisotopic (exact) mass is 227 g/mol. The Labute approximate surface area is 96.1 Å². The highest BCUT2D eigenvalue weighted by atomic mass is 32.1. The number of aliphatic hydroxyl groups is 1. The molecule has 0 aliphatic heterocycles. The summed E-state index contributed by atoms with van der Waals surface area (Å²) < 4.78 is 0. The molecule has 86 valence electrons. The Bertz CT molecular complexity index is 296. The summed E-state index contributed by atoms with van der Waals surface area (Å²) in [5.41, 5.74) is 5.70. The van der Waals surface area contributed by atoms with E-state index in [1.54, 1.807) is 11.3 Å². The summed E-state index contributed by atoms with van der Waals surface area (Å²) >= 11 is 1.70.